The molecule has 0 N–H and O–H groups in total. The standard InChI is InChI=1S/C29H37N9O7/c1-18-24(41-16-19-10-6-4-7-11-19)28(40-3)26(22(43-18)15-34-37-31)45-29-23(35-38-32)27(39-2)25(21(44-29)14-33-36-30)42-17-20-12-8-5-9-13-20/h4-13,18,21-29H,14-17H2,1-3H3/t18-,21+,22+,23+,24-,25+,26+,27+,28+,29?/m0/s1. The zero-order chi connectivity index (χ0) is 32.0. The predicted molar refractivity (Wildman–Crippen MR) is 160 cm³/mol. The van der Waals surface area contributed by atoms with Gasteiger partial charge in [-0.05, 0) is 34.6 Å². The third kappa shape index (κ3) is 8.85. The molecule has 16 nitrogen and oxygen atoms in total. The van der Waals surface area contributed by atoms with Crippen molar-refractivity contribution in [3.05, 3.63) is 103 Å². The second-order valence-electron chi connectivity index (χ2n) is 10.5. The number of nitrogens with zero attached hydrogens (tertiary/aromatic N) is 9. The van der Waals surface area contributed by atoms with Crippen LogP contribution in [-0.4, -0.2) is 88.5 Å². The highest BCUT2D eigenvalue weighted by atomic mass is 16.7. The van der Waals surface area contributed by atoms with Crippen LogP contribution < -0.4 is 0 Å². The van der Waals surface area contributed by atoms with E-state index < -0.39 is 61.2 Å². The van der Waals surface area contributed by atoms with E-state index in [4.69, 9.17) is 44.2 Å². The molecule has 2 aromatic rings. The Kier molecular flexibility index (Phi) is 13.2. The average molecular weight is 624 g/mol. The minimum atomic E-state index is -1.22. The molecular weight excluding hydrogens is 586 g/mol. The van der Waals surface area contributed by atoms with Crippen LogP contribution in [0.3, 0.4) is 0 Å². The van der Waals surface area contributed by atoms with Crippen molar-refractivity contribution in [3.63, 3.8) is 0 Å². The number of azide groups is 3. The van der Waals surface area contributed by atoms with Gasteiger partial charge in [-0.15, -0.1) is 0 Å². The number of methoxy groups -OCH3 is 2. The molecule has 4 rings (SSSR count). The molecule has 16 heteroatoms. The van der Waals surface area contributed by atoms with Gasteiger partial charge in [-0.1, -0.05) is 76.0 Å². The molecule has 0 spiro atoms. The van der Waals surface area contributed by atoms with E-state index in [1.807, 2.05) is 67.6 Å². The second kappa shape index (κ2) is 17.5. The van der Waals surface area contributed by atoms with E-state index in [0.29, 0.717) is 0 Å². The maximum atomic E-state index is 9.54. The molecule has 0 amide bonds. The molecule has 1 unspecified atom stereocenters. The quantitative estimate of drug-likeness (QED) is 0.143. The van der Waals surface area contributed by atoms with E-state index in [2.05, 4.69) is 30.1 Å². The number of ether oxygens (including phenoxy) is 7. The molecular formula is C29H37N9O7. The number of hydrogen-bond donors (Lipinski definition) is 0. The van der Waals surface area contributed by atoms with Crippen LogP contribution in [0.15, 0.2) is 76.0 Å². The summed E-state index contributed by atoms with van der Waals surface area (Å²) in [5.74, 6) is 0. The van der Waals surface area contributed by atoms with Gasteiger partial charge >= 0.3 is 0 Å². The monoisotopic (exact) mass is 623 g/mol. The van der Waals surface area contributed by atoms with Crippen LogP contribution in [0.4, 0.5) is 0 Å². The molecule has 0 aliphatic carbocycles. The Morgan fingerprint density at radius 3 is 1.71 bits per heavy atom. The maximum absolute atomic E-state index is 9.54. The molecule has 2 saturated heterocycles. The van der Waals surface area contributed by atoms with Crippen LogP contribution in [-0.2, 0) is 46.4 Å². The summed E-state index contributed by atoms with van der Waals surface area (Å²) in [7, 11) is 2.97. The van der Waals surface area contributed by atoms with Crippen molar-refractivity contribution in [1.29, 1.82) is 0 Å². The highest BCUT2D eigenvalue weighted by Crippen LogP contribution is 2.35. The molecule has 2 fully saturated rings. The molecule has 2 aromatic carbocycles. The van der Waals surface area contributed by atoms with Crippen LogP contribution in [0.5, 0.6) is 0 Å². The predicted octanol–water partition coefficient (Wildman–Crippen LogP) is 5.38. The fraction of sp³-hybridized carbons (Fsp3) is 0.586. The lowest BCUT2D eigenvalue weighted by Crippen LogP contribution is -2.64. The van der Waals surface area contributed by atoms with Crippen molar-refractivity contribution in [1.82, 2.24) is 0 Å². The van der Waals surface area contributed by atoms with Gasteiger partial charge in [0.1, 0.15) is 30.5 Å². The molecule has 0 bridgehead atoms. The third-order valence-corrected chi connectivity index (χ3v) is 7.72. The molecule has 0 saturated carbocycles. The smallest absolute Gasteiger partial charge is 0.169 e. The Hall–Kier alpha value is -3.91. The fourth-order valence-electron chi connectivity index (χ4n) is 5.63. The topological polar surface area (TPSA) is 211 Å². The minimum absolute atomic E-state index is 0.0751. The Labute approximate surface area is 260 Å². The highest BCUT2D eigenvalue weighted by molar-refractivity contribution is 5.14. The normalized spacial score (nSPS) is 31.2. The zero-order valence-corrected chi connectivity index (χ0v) is 25.3. The van der Waals surface area contributed by atoms with Gasteiger partial charge < -0.3 is 33.2 Å². The van der Waals surface area contributed by atoms with Crippen LogP contribution in [0, 0.1) is 0 Å². The van der Waals surface area contributed by atoms with Gasteiger partial charge in [-0.3, -0.25) is 0 Å². The summed E-state index contributed by atoms with van der Waals surface area (Å²) in [6.07, 6.45) is -7.14. The SMILES string of the molecule is CO[C@@H]1[C@@H](OCc2ccccc2)[C@H](C)O[C@H](CN=[N+]=[N-])[C@H]1OC1O[C@H](CN=[N+]=[N-])[C@@H](OCc2ccccc2)[C@H](OC)[C@H]1N=[N+]=[N-]. The summed E-state index contributed by atoms with van der Waals surface area (Å²) in [5, 5.41) is 11.4. The lowest BCUT2D eigenvalue weighted by atomic mass is 9.93. The Balaban J connectivity index is 1.63. The Bertz CT molecular complexity index is 1340. The van der Waals surface area contributed by atoms with Crippen LogP contribution in [0.2, 0.25) is 0 Å². The van der Waals surface area contributed by atoms with Gasteiger partial charge in [-0.2, -0.15) is 0 Å². The molecule has 240 valence electrons. The summed E-state index contributed by atoms with van der Waals surface area (Å²) in [4.78, 5) is 8.81. The van der Waals surface area contributed by atoms with Gasteiger partial charge in [-0.25, -0.2) is 0 Å². The molecule has 2 heterocycles. The van der Waals surface area contributed by atoms with Crippen LogP contribution in [0.1, 0.15) is 18.1 Å². The summed E-state index contributed by atoms with van der Waals surface area (Å²) >= 11 is 0. The first-order chi connectivity index (χ1) is 22.0. The third-order valence-electron chi connectivity index (χ3n) is 7.72. The van der Waals surface area contributed by atoms with Crippen molar-refractivity contribution >= 4 is 0 Å². The van der Waals surface area contributed by atoms with Crippen molar-refractivity contribution in [2.45, 2.75) is 81.3 Å². The highest BCUT2D eigenvalue weighted by Gasteiger charge is 2.52. The Morgan fingerprint density at radius 2 is 1.20 bits per heavy atom. The summed E-state index contributed by atoms with van der Waals surface area (Å²) < 4.78 is 43.3. The van der Waals surface area contributed by atoms with Crippen molar-refractivity contribution in [3.8, 4) is 0 Å². The lowest BCUT2D eigenvalue weighted by molar-refractivity contribution is -0.322. The van der Waals surface area contributed by atoms with Gasteiger partial charge in [0.25, 0.3) is 0 Å². The van der Waals surface area contributed by atoms with Crippen molar-refractivity contribution < 1.29 is 33.2 Å². The van der Waals surface area contributed by atoms with E-state index in [1.54, 1.807) is 0 Å². The van der Waals surface area contributed by atoms with Crippen molar-refractivity contribution in [2.24, 2.45) is 15.3 Å². The summed E-state index contributed by atoms with van der Waals surface area (Å²) in [5.41, 5.74) is 29.6. The molecule has 45 heavy (non-hydrogen) atoms. The van der Waals surface area contributed by atoms with Crippen LogP contribution in [0.25, 0.3) is 31.3 Å². The van der Waals surface area contributed by atoms with E-state index in [9.17, 15) is 5.53 Å². The van der Waals surface area contributed by atoms with E-state index in [0.717, 1.165) is 11.1 Å². The largest absolute Gasteiger partial charge is 0.378 e. The molecule has 0 radical (unpaired) electrons. The van der Waals surface area contributed by atoms with E-state index in [1.165, 1.54) is 14.2 Å². The maximum Gasteiger partial charge on any atom is 0.169 e. The first kappa shape index (κ1) is 34.0. The summed E-state index contributed by atoms with van der Waals surface area (Å²) in [6.45, 7) is 2.13. The van der Waals surface area contributed by atoms with E-state index >= 15 is 0 Å². The van der Waals surface area contributed by atoms with Gasteiger partial charge in [0, 0.05) is 29.0 Å². The molecule has 2 aliphatic heterocycles. The number of benzene rings is 2. The fourth-order valence-corrected chi connectivity index (χ4v) is 5.63. The Morgan fingerprint density at radius 1 is 0.667 bits per heavy atom. The zero-order valence-electron chi connectivity index (χ0n) is 25.3. The molecule has 2 aliphatic rings. The summed E-state index contributed by atoms with van der Waals surface area (Å²) in [6, 6.07) is 18.1. The lowest BCUT2D eigenvalue weighted by Gasteiger charge is -2.49. The second-order valence-corrected chi connectivity index (χ2v) is 10.5. The van der Waals surface area contributed by atoms with Gasteiger partial charge in [0.15, 0.2) is 6.29 Å². The number of rotatable bonds is 15. The number of hydrogen-bond acceptors (Lipinski definition) is 10. The molecule has 0 aromatic heterocycles. The van der Waals surface area contributed by atoms with E-state index in [-0.39, 0.29) is 26.3 Å². The molecule has 10 atom stereocenters. The average Bonchev–Trinajstić information content (AvgIpc) is 3.07. The first-order valence-corrected chi connectivity index (χ1v) is 14.4. The van der Waals surface area contributed by atoms with Gasteiger partial charge in [0.05, 0.1) is 50.7 Å². The van der Waals surface area contributed by atoms with Crippen molar-refractivity contribution in [2.75, 3.05) is 27.3 Å². The minimum Gasteiger partial charge on any atom is -0.378 e. The van der Waals surface area contributed by atoms with Gasteiger partial charge in [0.2, 0.25) is 0 Å². The van der Waals surface area contributed by atoms with Crippen LogP contribution >= 0.6 is 0 Å². The first-order valence-electron chi connectivity index (χ1n) is 14.4.